The highest BCUT2D eigenvalue weighted by Crippen LogP contribution is 2.38. The molecular weight excluding hydrogens is 392 g/mol. The maximum absolute atomic E-state index is 12.1. The molecule has 0 saturated heterocycles. The van der Waals surface area contributed by atoms with E-state index in [1.54, 1.807) is 0 Å². The van der Waals surface area contributed by atoms with Crippen LogP contribution in [-0.4, -0.2) is 44.3 Å². The molecule has 0 aliphatic heterocycles. The molecule has 0 spiro atoms. The number of unbranched alkanes of at least 4 members (excludes halogenated alkanes) is 2. The molecule has 4 N–H and O–H groups in total. The lowest BCUT2D eigenvalue weighted by atomic mass is 9.74. The van der Waals surface area contributed by atoms with E-state index in [9.17, 15) is 24.3 Å². The van der Waals surface area contributed by atoms with Crippen molar-refractivity contribution in [2.45, 2.75) is 97.3 Å². The van der Waals surface area contributed by atoms with Crippen LogP contribution < -0.4 is 0 Å². The van der Waals surface area contributed by atoms with E-state index in [1.165, 1.54) is 0 Å². The van der Waals surface area contributed by atoms with Crippen molar-refractivity contribution in [1.29, 1.82) is 0 Å². The van der Waals surface area contributed by atoms with Crippen molar-refractivity contribution < 1.29 is 39.6 Å². The van der Waals surface area contributed by atoms with E-state index in [-0.39, 0.29) is 19.3 Å². The number of aliphatic carboxylic acids is 4. The van der Waals surface area contributed by atoms with Crippen LogP contribution in [0.1, 0.15) is 97.3 Å². The zero-order chi connectivity index (χ0) is 23.2. The fourth-order valence-corrected chi connectivity index (χ4v) is 3.99. The quantitative estimate of drug-likeness (QED) is 0.216. The van der Waals surface area contributed by atoms with Gasteiger partial charge in [-0.25, -0.2) is 0 Å². The summed E-state index contributed by atoms with van der Waals surface area (Å²) in [5, 5.41) is 37.1. The highest BCUT2D eigenvalue weighted by Gasteiger charge is 2.37. The van der Waals surface area contributed by atoms with Gasteiger partial charge in [-0.15, -0.1) is 0 Å². The maximum atomic E-state index is 12.1. The summed E-state index contributed by atoms with van der Waals surface area (Å²) >= 11 is 0. The van der Waals surface area contributed by atoms with Gasteiger partial charge in [0.25, 0.3) is 0 Å². The van der Waals surface area contributed by atoms with Crippen molar-refractivity contribution in [1.82, 2.24) is 0 Å². The van der Waals surface area contributed by atoms with Crippen LogP contribution in [0.5, 0.6) is 0 Å². The van der Waals surface area contributed by atoms with Gasteiger partial charge in [-0.3, -0.25) is 19.2 Å². The van der Waals surface area contributed by atoms with Gasteiger partial charge in [-0.2, -0.15) is 0 Å². The molecule has 0 aliphatic carbocycles. The normalized spacial score (nSPS) is 15.1. The molecule has 8 nitrogen and oxygen atoms in total. The Bertz CT molecular complexity index is 527. The second-order valence-electron chi connectivity index (χ2n) is 8.21. The third kappa shape index (κ3) is 10.6. The zero-order valence-electron chi connectivity index (χ0n) is 18.3. The maximum Gasteiger partial charge on any atom is 0.309 e. The summed E-state index contributed by atoms with van der Waals surface area (Å²) in [7, 11) is 0. The molecular formula is C22H38O8. The van der Waals surface area contributed by atoms with Gasteiger partial charge in [0.15, 0.2) is 0 Å². The Kier molecular flexibility index (Phi) is 13.8. The van der Waals surface area contributed by atoms with Gasteiger partial charge in [0.05, 0.1) is 17.3 Å². The van der Waals surface area contributed by atoms with E-state index in [4.69, 9.17) is 15.3 Å². The monoisotopic (exact) mass is 430 g/mol. The van der Waals surface area contributed by atoms with E-state index in [0.29, 0.717) is 64.2 Å². The first-order valence-electron chi connectivity index (χ1n) is 11.0. The van der Waals surface area contributed by atoms with Crippen molar-refractivity contribution in [2.24, 2.45) is 17.3 Å². The summed E-state index contributed by atoms with van der Waals surface area (Å²) in [5.74, 6) is -4.46. The highest BCUT2D eigenvalue weighted by atomic mass is 16.4. The molecule has 0 heterocycles. The molecule has 0 amide bonds. The first-order valence-corrected chi connectivity index (χ1v) is 11.0. The Labute approximate surface area is 178 Å². The Morgan fingerprint density at radius 3 is 1.37 bits per heavy atom. The molecule has 0 aromatic rings. The van der Waals surface area contributed by atoms with Gasteiger partial charge >= 0.3 is 23.9 Å². The van der Waals surface area contributed by atoms with Crippen LogP contribution in [0.25, 0.3) is 0 Å². The lowest BCUT2D eigenvalue weighted by Crippen LogP contribution is -2.31. The molecule has 0 rings (SSSR count). The molecule has 0 aromatic heterocycles. The standard InChI is InChI=1S/C22H38O8/c1-3-16(19(25)26)10-5-7-13-22(21(29)30,15-9-12-18(23)24)14-8-6-11-17(4-2)20(27)28/h16-17H,3-15H2,1-2H3,(H,23,24)(H,25,26)(H,27,28)(H,29,30). The predicted octanol–water partition coefficient (Wildman–Crippen LogP) is 4.65. The van der Waals surface area contributed by atoms with Crippen LogP contribution in [0.3, 0.4) is 0 Å². The molecule has 0 saturated carbocycles. The fourth-order valence-electron chi connectivity index (χ4n) is 3.99. The van der Waals surface area contributed by atoms with E-state index < -0.39 is 41.1 Å². The molecule has 0 bridgehead atoms. The topological polar surface area (TPSA) is 149 Å². The smallest absolute Gasteiger partial charge is 0.309 e. The summed E-state index contributed by atoms with van der Waals surface area (Å²) < 4.78 is 0. The van der Waals surface area contributed by atoms with E-state index >= 15 is 0 Å². The molecule has 2 unspecified atom stereocenters. The minimum atomic E-state index is -1.05. The molecule has 0 aliphatic rings. The van der Waals surface area contributed by atoms with Crippen LogP contribution in [0.15, 0.2) is 0 Å². The van der Waals surface area contributed by atoms with E-state index in [0.717, 1.165) is 0 Å². The Balaban J connectivity index is 4.94. The molecule has 8 heteroatoms. The highest BCUT2D eigenvalue weighted by molar-refractivity contribution is 5.75. The number of carboxylic acid groups (broad SMARTS) is 4. The molecule has 174 valence electrons. The van der Waals surface area contributed by atoms with Crippen LogP contribution in [-0.2, 0) is 19.2 Å². The first kappa shape index (κ1) is 27.9. The predicted molar refractivity (Wildman–Crippen MR) is 111 cm³/mol. The van der Waals surface area contributed by atoms with Crippen molar-refractivity contribution in [3.63, 3.8) is 0 Å². The summed E-state index contributed by atoms with van der Waals surface area (Å²) in [4.78, 5) is 45.3. The van der Waals surface area contributed by atoms with Gasteiger partial charge in [-0.1, -0.05) is 39.5 Å². The second-order valence-corrected chi connectivity index (χ2v) is 8.21. The second kappa shape index (κ2) is 14.8. The lowest BCUT2D eigenvalue weighted by Gasteiger charge is -2.30. The number of carboxylic acids is 4. The van der Waals surface area contributed by atoms with Crippen molar-refractivity contribution in [2.75, 3.05) is 0 Å². The van der Waals surface area contributed by atoms with Crippen molar-refractivity contribution in [3.05, 3.63) is 0 Å². The van der Waals surface area contributed by atoms with Gasteiger partial charge in [-0.05, 0) is 51.4 Å². The summed E-state index contributed by atoms with van der Waals surface area (Å²) in [5.41, 5.74) is -1.05. The SMILES string of the molecule is CCC(CCCCC(CCCCC(CC)C(=O)O)(CCCC(=O)O)C(=O)O)C(=O)O. The average Bonchev–Trinajstić information content (AvgIpc) is 2.66. The largest absolute Gasteiger partial charge is 0.481 e. The Hall–Kier alpha value is -2.12. The molecule has 0 radical (unpaired) electrons. The van der Waals surface area contributed by atoms with Gasteiger partial charge < -0.3 is 20.4 Å². The first-order chi connectivity index (χ1) is 14.1. The van der Waals surface area contributed by atoms with Crippen LogP contribution in [0, 0.1) is 17.3 Å². The van der Waals surface area contributed by atoms with Crippen LogP contribution in [0.2, 0.25) is 0 Å². The van der Waals surface area contributed by atoms with Gasteiger partial charge in [0.2, 0.25) is 0 Å². The number of hydrogen-bond donors (Lipinski definition) is 4. The van der Waals surface area contributed by atoms with E-state index in [2.05, 4.69) is 0 Å². The lowest BCUT2D eigenvalue weighted by molar-refractivity contribution is -0.151. The Morgan fingerprint density at radius 1 is 0.667 bits per heavy atom. The van der Waals surface area contributed by atoms with Crippen molar-refractivity contribution in [3.8, 4) is 0 Å². The number of hydrogen-bond acceptors (Lipinski definition) is 4. The minimum absolute atomic E-state index is 0.0944. The molecule has 0 aromatic carbocycles. The van der Waals surface area contributed by atoms with Gasteiger partial charge in [0, 0.05) is 6.42 Å². The minimum Gasteiger partial charge on any atom is -0.481 e. The fraction of sp³-hybridized carbons (Fsp3) is 0.818. The third-order valence-corrected chi connectivity index (χ3v) is 6.10. The molecule has 2 atom stereocenters. The number of rotatable bonds is 19. The van der Waals surface area contributed by atoms with Crippen LogP contribution >= 0.6 is 0 Å². The molecule has 30 heavy (non-hydrogen) atoms. The summed E-state index contributed by atoms with van der Waals surface area (Å²) in [6.07, 6.45) is 5.55. The van der Waals surface area contributed by atoms with E-state index in [1.807, 2.05) is 13.8 Å². The van der Waals surface area contributed by atoms with Crippen molar-refractivity contribution >= 4 is 23.9 Å². The zero-order valence-corrected chi connectivity index (χ0v) is 18.3. The van der Waals surface area contributed by atoms with Gasteiger partial charge in [0.1, 0.15) is 0 Å². The summed E-state index contributed by atoms with van der Waals surface area (Å²) in [6, 6.07) is 0. The average molecular weight is 431 g/mol. The Morgan fingerprint density at radius 2 is 1.07 bits per heavy atom. The third-order valence-electron chi connectivity index (χ3n) is 6.10. The van der Waals surface area contributed by atoms with Crippen LogP contribution in [0.4, 0.5) is 0 Å². The number of carbonyl (C=O) groups is 4. The summed E-state index contributed by atoms with van der Waals surface area (Å²) in [6.45, 7) is 3.62. The molecule has 0 fully saturated rings.